The second kappa shape index (κ2) is 8.34. The van der Waals surface area contributed by atoms with Gasteiger partial charge in [0.15, 0.2) is 0 Å². The molecule has 1 aromatic heterocycles. The van der Waals surface area contributed by atoms with Gasteiger partial charge in [0.25, 0.3) is 5.91 Å². The Labute approximate surface area is 169 Å². The molecule has 2 aromatic carbocycles. The SMILES string of the molecule is COc1ccc(CCC(=O)N2CCN(C(=O)c3ccc4nc[nH]c4c3)CC2)cc1. The number of aromatic nitrogens is 2. The van der Waals surface area contributed by atoms with E-state index in [1.807, 2.05) is 46.2 Å². The maximum Gasteiger partial charge on any atom is 0.254 e. The second-order valence-electron chi connectivity index (χ2n) is 7.16. The number of nitrogens with one attached hydrogen (secondary N) is 1. The van der Waals surface area contributed by atoms with Gasteiger partial charge in [-0.1, -0.05) is 12.1 Å². The largest absolute Gasteiger partial charge is 0.497 e. The lowest BCUT2D eigenvalue weighted by Gasteiger charge is -2.35. The Hall–Kier alpha value is -3.35. The van der Waals surface area contributed by atoms with Crippen molar-refractivity contribution in [2.75, 3.05) is 33.3 Å². The van der Waals surface area contributed by atoms with Crippen LogP contribution in [-0.4, -0.2) is 64.9 Å². The van der Waals surface area contributed by atoms with Crippen molar-refractivity contribution in [1.82, 2.24) is 19.8 Å². The lowest BCUT2D eigenvalue weighted by atomic mass is 10.1. The number of nitrogens with zero attached hydrogens (tertiary/aromatic N) is 3. The Balaban J connectivity index is 1.28. The number of rotatable bonds is 5. The van der Waals surface area contributed by atoms with Crippen LogP contribution in [0.25, 0.3) is 11.0 Å². The minimum Gasteiger partial charge on any atom is -0.497 e. The van der Waals surface area contributed by atoms with Crippen molar-refractivity contribution in [3.63, 3.8) is 0 Å². The average Bonchev–Trinajstić information content (AvgIpc) is 3.25. The summed E-state index contributed by atoms with van der Waals surface area (Å²) in [4.78, 5) is 36.2. The Morgan fingerprint density at radius 3 is 2.48 bits per heavy atom. The summed E-state index contributed by atoms with van der Waals surface area (Å²) in [5, 5.41) is 0. The summed E-state index contributed by atoms with van der Waals surface area (Å²) in [6.45, 7) is 2.24. The number of aromatic amines is 1. The number of ether oxygens (including phenoxy) is 1. The number of hydrogen-bond donors (Lipinski definition) is 1. The molecule has 1 saturated heterocycles. The fourth-order valence-electron chi connectivity index (χ4n) is 3.61. The first-order chi connectivity index (χ1) is 14.1. The molecule has 7 nitrogen and oxygen atoms in total. The lowest BCUT2D eigenvalue weighted by Crippen LogP contribution is -2.50. The van der Waals surface area contributed by atoms with Gasteiger partial charge in [0, 0.05) is 38.2 Å². The molecule has 7 heteroatoms. The highest BCUT2D eigenvalue weighted by atomic mass is 16.5. The molecule has 2 amide bonds. The topological polar surface area (TPSA) is 78.5 Å². The highest BCUT2D eigenvalue weighted by Crippen LogP contribution is 2.16. The van der Waals surface area contributed by atoms with Crippen molar-refractivity contribution in [2.24, 2.45) is 0 Å². The number of imidazole rings is 1. The standard InChI is InChI=1S/C22H24N4O3/c1-29-18-6-2-16(3-7-18)4-9-21(27)25-10-12-26(13-11-25)22(28)17-5-8-19-20(14-17)24-15-23-19/h2-3,5-8,14-15H,4,9-13H2,1H3,(H,23,24). The molecule has 0 aliphatic carbocycles. The molecule has 0 unspecified atom stereocenters. The number of aryl methyl sites for hydroxylation is 1. The maximum atomic E-state index is 12.8. The van der Waals surface area contributed by atoms with Crippen LogP contribution in [0.4, 0.5) is 0 Å². The summed E-state index contributed by atoms with van der Waals surface area (Å²) >= 11 is 0. The molecule has 1 aliphatic heterocycles. The van der Waals surface area contributed by atoms with E-state index in [0.29, 0.717) is 44.6 Å². The number of carbonyl (C=O) groups excluding carboxylic acids is 2. The van der Waals surface area contributed by atoms with Gasteiger partial charge >= 0.3 is 0 Å². The smallest absolute Gasteiger partial charge is 0.254 e. The van der Waals surface area contributed by atoms with E-state index in [1.165, 1.54) is 0 Å². The monoisotopic (exact) mass is 392 g/mol. The van der Waals surface area contributed by atoms with E-state index in [1.54, 1.807) is 19.5 Å². The van der Waals surface area contributed by atoms with Crippen molar-refractivity contribution >= 4 is 22.8 Å². The number of carbonyl (C=O) groups is 2. The number of fused-ring (bicyclic) bond motifs is 1. The third kappa shape index (κ3) is 4.23. The number of methoxy groups -OCH3 is 1. The molecule has 0 radical (unpaired) electrons. The molecule has 0 bridgehead atoms. The van der Waals surface area contributed by atoms with Crippen LogP contribution in [-0.2, 0) is 11.2 Å². The zero-order valence-electron chi connectivity index (χ0n) is 16.4. The number of hydrogen-bond acceptors (Lipinski definition) is 4. The minimum atomic E-state index is -0.00756. The van der Waals surface area contributed by atoms with Gasteiger partial charge in [0.2, 0.25) is 5.91 Å². The van der Waals surface area contributed by atoms with Gasteiger partial charge in [-0.15, -0.1) is 0 Å². The third-order valence-electron chi connectivity index (χ3n) is 5.37. The zero-order chi connectivity index (χ0) is 20.2. The van der Waals surface area contributed by atoms with Crippen LogP contribution < -0.4 is 4.74 Å². The van der Waals surface area contributed by atoms with E-state index in [4.69, 9.17) is 4.74 Å². The summed E-state index contributed by atoms with van der Waals surface area (Å²) in [5.41, 5.74) is 3.44. The Morgan fingerprint density at radius 1 is 1.03 bits per heavy atom. The van der Waals surface area contributed by atoms with Gasteiger partial charge in [0.05, 0.1) is 24.5 Å². The van der Waals surface area contributed by atoms with E-state index in [2.05, 4.69) is 9.97 Å². The summed E-state index contributed by atoms with van der Waals surface area (Å²) in [7, 11) is 1.64. The van der Waals surface area contributed by atoms with Gasteiger partial charge in [-0.25, -0.2) is 4.98 Å². The quantitative estimate of drug-likeness (QED) is 0.724. The first-order valence-corrected chi connectivity index (χ1v) is 9.77. The predicted octanol–water partition coefficient (Wildman–Crippen LogP) is 2.49. The number of H-pyrrole nitrogens is 1. The van der Waals surface area contributed by atoms with Crippen LogP contribution in [0.2, 0.25) is 0 Å². The average molecular weight is 392 g/mol. The van der Waals surface area contributed by atoms with Gasteiger partial charge in [0.1, 0.15) is 5.75 Å². The number of amides is 2. The van der Waals surface area contributed by atoms with E-state index in [0.717, 1.165) is 22.3 Å². The number of piperazine rings is 1. The highest BCUT2D eigenvalue weighted by molar-refractivity contribution is 5.97. The van der Waals surface area contributed by atoms with Crippen molar-refractivity contribution in [3.8, 4) is 5.75 Å². The summed E-state index contributed by atoms with van der Waals surface area (Å²) < 4.78 is 5.16. The van der Waals surface area contributed by atoms with Crippen molar-refractivity contribution < 1.29 is 14.3 Å². The molecule has 4 rings (SSSR count). The predicted molar refractivity (Wildman–Crippen MR) is 110 cm³/mol. The molecule has 3 aromatic rings. The summed E-state index contributed by atoms with van der Waals surface area (Å²) in [6.07, 6.45) is 2.79. The molecule has 0 atom stereocenters. The van der Waals surface area contributed by atoms with Gasteiger partial charge in [-0.3, -0.25) is 9.59 Å². The van der Waals surface area contributed by atoms with Crippen LogP contribution in [0.3, 0.4) is 0 Å². The maximum absolute atomic E-state index is 12.8. The summed E-state index contributed by atoms with van der Waals surface area (Å²) in [6, 6.07) is 13.3. The van der Waals surface area contributed by atoms with Gasteiger partial charge in [-0.05, 0) is 42.3 Å². The minimum absolute atomic E-state index is 0.00756. The van der Waals surface area contributed by atoms with Crippen molar-refractivity contribution in [1.29, 1.82) is 0 Å². The molecule has 1 aliphatic rings. The van der Waals surface area contributed by atoms with Gasteiger partial charge in [-0.2, -0.15) is 0 Å². The second-order valence-corrected chi connectivity index (χ2v) is 7.16. The molecule has 0 saturated carbocycles. The molecular weight excluding hydrogens is 368 g/mol. The first-order valence-electron chi connectivity index (χ1n) is 9.77. The number of benzene rings is 2. The first kappa shape index (κ1) is 19.0. The fourth-order valence-corrected chi connectivity index (χ4v) is 3.61. The van der Waals surface area contributed by atoms with Crippen LogP contribution in [0.1, 0.15) is 22.3 Å². The summed E-state index contributed by atoms with van der Waals surface area (Å²) in [5.74, 6) is 0.936. The van der Waals surface area contributed by atoms with E-state index < -0.39 is 0 Å². The van der Waals surface area contributed by atoms with Gasteiger partial charge < -0.3 is 19.5 Å². The molecular formula is C22H24N4O3. The van der Waals surface area contributed by atoms with Crippen LogP contribution in [0.5, 0.6) is 5.75 Å². The lowest BCUT2D eigenvalue weighted by molar-refractivity contribution is -0.132. The fraction of sp³-hybridized carbons (Fsp3) is 0.318. The highest BCUT2D eigenvalue weighted by Gasteiger charge is 2.24. The van der Waals surface area contributed by atoms with E-state index in [-0.39, 0.29) is 11.8 Å². The van der Waals surface area contributed by atoms with Crippen LogP contribution in [0, 0.1) is 0 Å². The molecule has 0 spiro atoms. The zero-order valence-corrected chi connectivity index (χ0v) is 16.4. The normalized spacial score (nSPS) is 14.2. The van der Waals surface area contributed by atoms with Crippen molar-refractivity contribution in [2.45, 2.75) is 12.8 Å². The molecule has 1 N–H and O–H groups in total. The van der Waals surface area contributed by atoms with E-state index in [9.17, 15) is 9.59 Å². The Morgan fingerprint density at radius 2 is 1.76 bits per heavy atom. The third-order valence-corrected chi connectivity index (χ3v) is 5.37. The van der Waals surface area contributed by atoms with Crippen molar-refractivity contribution in [3.05, 3.63) is 59.9 Å². The molecule has 150 valence electrons. The molecule has 29 heavy (non-hydrogen) atoms. The molecule has 2 heterocycles. The van der Waals surface area contributed by atoms with E-state index >= 15 is 0 Å². The Bertz CT molecular complexity index is 1000. The van der Waals surface area contributed by atoms with Crippen LogP contribution in [0.15, 0.2) is 48.8 Å². The van der Waals surface area contributed by atoms with Crippen LogP contribution >= 0.6 is 0 Å². The molecule has 1 fully saturated rings. The Kier molecular flexibility index (Phi) is 5.46.